The molecule has 2 rings (SSSR count). The molecule has 0 unspecified atom stereocenters. The molecular formula is C16H18N2O2. The third-order valence-corrected chi connectivity index (χ3v) is 2.94. The molecule has 0 aliphatic heterocycles. The van der Waals surface area contributed by atoms with Crippen LogP contribution in [0.5, 0.6) is 11.5 Å². The highest BCUT2D eigenvalue weighted by Gasteiger charge is 2.06. The van der Waals surface area contributed by atoms with Gasteiger partial charge in [0.2, 0.25) is 0 Å². The van der Waals surface area contributed by atoms with E-state index in [0.717, 1.165) is 22.6 Å². The van der Waals surface area contributed by atoms with Crippen LogP contribution in [0.4, 0.5) is 5.69 Å². The van der Waals surface area contributed by atoms with E-state index in [0.29, 0.717) is 5.75 Å². The van der Waals surface area contributed by atoms with Gasteiger partial charge in [-0.2, -0.15) is 5.10 Å². The van der Waals surface area contributed by atoms with E-state index >= 15 is 0 Å². The monoisotopic (exact) mass is 270 g/mol. The summed E-state index contributed by atoms with van der Waals surface area (Å²) in [6.07, 6.45) is 1.77. The lowest BCUT2D eigenvalue weighted by atomic mass is 10.1. The Kier molecular flexibility index (Phi) is 4.60. The number of nitrogens with one attached hydrogen (secondary N) is 1. The van der Waals surface area contributed by atoms with Gasteiger partial charge in [0.05, 0.1) is 26.1 Å². The van der Waals surface area contributed by atoms with Gasteiger partial charge in [0.15, 0.2) is 11.5 Å². The average molecular weight is 270 g/mol. The van der Waals surface area contributed by atoms with Crippen LogP contribution in [-0.4, -0.2) is 20.4 Å². The first-order chi connectivity index (χ1) is 9.74. The van der Waals surface area contributed by atoms with E-state index in [1.807, 2.05) is 49.4 Å². The standard InChI is InChI=1S/C16H18N2O2/c1-12-9-15(19-2)16(20-3)10-13(12)11-17-18-14-7-5-4-6-8-14/h4-11,18H,1-3H3/b17-11-. The van der Waals surface area contributed by atoms with Crippen molar-refractivity contribution in [1.29, 1.82) is 0 Å². The highest BCUT2D eigenvalue weighted by molar-refractivity contribution is 5.83. The molecule has 104 valence electrons. The molecule has 2 aromatic rings. The average Bonchev–Trinajstić information content (AvgIpc) is 2.49. The summed E-state index contributed by atoms with van der Waals surface area (Å²) in [7, 11) is 3.25. The van der Waals surface area contributed by atoms with Gasteiger partial charge in [-0.05, 0) is 36.8 Å². The van der Waals surface area contributed by atoms with Crippen molar-refractivity contribution in [3.8, 4) is 11.5 Å². The van der Waals surface area contributed by atoms with Gasteiger partial charge in [-0.25, -0.2) is 0 Å². The van der Waals surface area contributed by atoms with E-state index in [1.165, 1.54) is 0 Å². The summed E-state index contributed by atoms with van der Waals surface area (Å²) in [6, 6.07) is 13.6. The maximum Gasteiger partial charge on any atom is 0.161 e. The molecule has 0 aromatic heterocycles. The third kappa shape index (κ3) is 3.29. The van der Waals surface area contributed by atoms with E-state index in [4.69, 9.17) is 9.47 Å². The van der Waals surface area contributed by atoms with Gasteiger partial charge in [-0.15, -0.1) is 0 Å². The molecule has 0 atom stereocenters. The Morgan fingerprint density at radius 3 is 2.30 bits per heavy atom. The van der Waals surface area contributed by atoms with E-state index in [1.54, 1.807) is 20.4 Å². The lowest BCUT2D eigenvalue weighted by Gasteiger charge is -2.10. The maximum absolute atomic E-state index is 5.29. The lowest BCUT2D eigenvalue weighted by molar-refractivity contribution is 0.354. The SMILES string of the molecule is COc1cc(C)c(/C=N\Nc2ccccc2)cc1OC. The van der Waals surface area contributed by atoms with Gasteiger partial charge < -0.3 is 9.47 Å². The van der Waals surface area contributed by atoms with Gasteiger partial charge >= 0.3 is 0 Å². The molecule has 0 saturated heterocycles. The van der Waals surface area contributed by atoms with Crippen LogP contribution in [0, 0.1) is 6.92 Å². The molecule has 0 aliphatic rings. The Bertz CT molecular complexity index is 595. The summed E-state index contributed by atoms with van der Waals surface area (Å²) in [5, 5.41) is 4.23. The quantitative estimate of drug-likeness (QED) is 0.668. The number of ether oxygens (including phenoxy) is 2. The van der Waals surface area contributed by atoms with Crippen molar-refractivity contribution in [3.05, 3.63) is 53.6 Å². The van der Waals surface area contributed by atoms with Crippen molar-refractivity contribution >= 4 is 11.9 Å². The first-order valence-electron chi connectivity index (χ1n) is 6.31. The van der Waals surface area contributed by atoms with Crippen LogP contribution in [0.1, 0.15) is 11.1 Å². The van der Waals surface area contributed by atoms with Crippen molar-refractivity contribution < 1.29 is 9.47 Å². The van der Waals surface area contributed by atoms with Crippen LogP contribution < -0.4 is 14.9 Å². The van der Waals surface area contributed by atoms with Crippen LogP contribution in [0.15, 0.2) is 47.6 Å². The van der Waals surface area contributed by atoms with Crippen LogP contribution >= 0.6 is 0 Å². The molecule has 0 spiro atoms. The van der Waals surface area contributed by atoms with Crippen molar-refractivity contribution in [1.82, 2.24) is 0 Å². The zero-order chi connectivity index (χ0) is 14.4. The van der Waals surface area contributed by atoms with Gasteiger partial charge in [0, 0.05) is 5.56 Å². The number of benzene rings is 2. The van der Waals surface area contributed by atoms with Crippen LogP contribution in [-0.2, 0) is 0 Å². The van der Waals surface area contributed by atoms with E-state index in [-0.39, 0.29) is 0 Å². The number of hydrogen-bond donors (Lipinski definition) is 1. The van der Waals surface area contributed by atoms with Gasteiger partial charge in [0.1, 0.15) is 0 Å². The van der Waals surface area contributed by atoms with E-state index < -0.39 is 0 Å². The second-order valence-corrected chi connectivity index (χ2v) is 4.30. The topological polar surface area (TPSA) is 42.8 Å². The summed E-state index contributed by atoms with van der Waals surface area (Å²) in [6.45, 7) is 2.01. The Labute approximate surface area is 119 Å². The molecule has 20 heavy (non-hydrogen) atoms. The fraction of sp³-hybridized carbons (Fsp3) is 0.188. The molecule has 1 N–H and O–H groups in total. The van der Waals surface area contributed by atoms with Crippen molar-refractivity contribution in [2.45, 2.75) is 6.92 Å². The van der Waals surface area contributed by atoms with Gasteiger partial charge in [0.25, 0.3) is 0 Å². The molecule has 2 aromatic carbocycles. The first-order valence-corrected chi connectivity index (χ1v) is 6.31. The molecule has 0 fully saturated rings. The zero-order valence-corrected chi connectivity index (χ0v) is 11.9. The van der Waals surface area contributed by atoms with Crippen molar-refractivity contribution in [2.24, 2.45) is 5.10 Å². The Morgan fingerprint density at radius 1 is 1.00 bits per heavy atom. The van der Waals surface area contributed by atoms with Crippen LogP contribution in [0.25, 0.3) is 0 Å². The minimum absolute atomic E-state index is 0.694. The minimum Gasteiger partial charge on any atom is -0.493 e. The number of nitrogens with zero attached hydrogens (tertiary/aromatic N) is 1. The summed E-state index contributed by atoms with van der Waals surface area (Å²) in [4.78, 5) is 0. The summed E-state index contributed by atoms with van der Waals surface area (Å²) < 4.78 is 10.6. The number of methoxy groups -OCH3 is 2. The van der Waals surface area contributed by atoms with E-state index in [2.05, 4.69) is 10.5 Å². The lowest BCUT2D eigenvalue weighted by Crippen LogP contribution is -1.96. The number of rotatable bonds is 5. The normalized spacial score (nSPS) is 10.6. The van der Waals surface area contributed by atoms with Gasteiger partial charge in [-0.1, -0.05) is 18.2 Å². The minimum atomic E-state index is 0.694. The molecule has 0 saturated carbocycles. The smallest absolute Gasteiger partial charge is 0.161 e. The second-order valence-electron chi connectivity index (χ2n) is 4.30. The van der Waals surface area contributed by atoms with Crippen molar-refractivity contribution in [3.63, 3.8) is 0 Å². The number of hydrazone groups is 1. The maximum atomic E-state index is 5.29. The Hall–Kier alpha value is -2.49. The third-order valence-electron chi connectivity index (χ3n) is 2.94. The van der Waals surface area contributed by atoms with Crippen LogP contribution in [0.3, 0.4) is 0 Å². The fourth-order valence-electron chi connectivity index (χ4n) is 1.82. The molecule has 0 heterocycles. The number of aryl methyl sites for hydroxylation is 1. The second kappa shape index (κ2) is 6.61. The Morgan fingerprint density at radius 2 is 1.65 bits per heavy atom. The highest BCUT2D eigenvalue weighted by atomic mass is 16.5. The predicted molar refractivity (Wildman–Crippen MR) is 81.9 cm³/mol. The number of para-hydroxylation sites is 1. The number of hydrogen-bond acceptors (Lipinski definition) is 4. The number of anilines is 1. The largest absolute Gasteiger partial charge is 0.493 e. The van der Waals surface area contributed by atoms with Crippen molar-refractivity contribution in [2.75, 3.05) is 19.6 Å². The van der Waals surface area contributed by atoms with E-state index in [9.17, 15) is 0 Å². The zero-order valence-electron chi connectivity index (χ0n) is 11.9. The fourth-order valence-corrected chi connectivity index (χ4v) is 1.82. The summed E-state index contributed by atoms with van der Waals surface area (Å²) in [5.74, 6) is 1.41. The molecular weight excluding hydrogens is 252 g/mol. The molecule has 0 aliphatic carbocycles. The molecule has 4 heteroatoms. The highest BCUT2D eigenvalue weighted by Crippen LogP contribution is 2.29. The van der Waals surface area contributed by atoms with Crippen LogP contribution in [0.2, 0.25) is 0 Å². The molecule has 4 nitrogen and oxygen atoms in total. The summed E-state index contributed by atoms with van der Waals surface area (Å²) >= 11 is 0. The predicted octanol–water partition coefficient (Wildman–Crippen LogP) is 3.46. The Balaban J connectivity index is 2.16. The summed E-state index contributed by atoms with van der Waals surface area (Å²) in [5.41, 5.74) is 5.98. The first kappa shape index (κ1) is 13.9. The molecule has 0 bridgehead atoms. The molecule has 0 radical (unpaired) electrons. The molecule has 0 amide bonds. The van der Waals surface area contributed by atoms with Gasteiger partial charge in [-0.3, -0.25) is 5.43 Å².